The highest BCUT2D eigenvalue weighted by Crippen LogP contribution is 2.30. The van der Waals surface area contributed by atoms with E-state index in [-0.39, 0.29) is 17.5 Å². The van der Waals surface area contributed by atoms with Gasteiger partial charge in [-0.05, 0) is 25.8 Å². The van der Waals surface area contributed by atoms with Crippen LogP contribution in [0.2, 0.25) is 0 Å². The number of hydrogen-bond acceptors (Lipinski definition) is 7. The molecule has 1 aliphatic rings. The van der Waals surface area contributed by atoms with Crippen LogP contribution in [-0.2, 0) is 9.84 Å². The lowest BCUT2D eigenvalue weighted by molar-refractivity contribution is 0.559. The monoisotopic (exact) mass is 326 g/mol. The minimum Gasteiger partial charge on any atom is -0.367 e. The van der Waals surface area contributed by atoms with E-state index in [9.17, 15) is 8.42 Å². The molecule has 0 radical (unpaired) electrons. The first-order valence-electron chi connectivity index (χ1n) is 6.90. The van der Waals surface area contributed by atoms with Gasteiger partial charge in [-0.1, -0.05) is 0 Å². The minimum atomic E-state index is -2.84. The maximum absolute atomic E-state index is 11.5. The van der Waals surface area contributed by atoms with Crippen LogP contribution in [0.15, 0.2) is 6.07 Å². The standard InChI is InChI=1S/C13H18N4O2S2/c1-8-7-10-11(16-13(14-2)17-12(10)20-8)15-9-3-5-21(18,19)6-4-9/h7,9H,3-6H2,1-2H3,(H2,14,15,16,17). The SMILES string of the molecule is CNc1nc(NC2CCS(=O)(=O)CC2)c2cc(C)sc2n1. The Morgan fingerprint density at radius 1 is 1.29 bits per heavy atom. The molecule has 0 spiro atoms. The van der Waals surface area contributed by atoms with E-state index in [1.165, 1.54) is 4.88 Å². The van der Waals surface area contributed by atoms with Crippen molar-refractivity contribution in [3.05, 3.63) is 10.9 Å². The summed E-state index contributed by atoms with van der Waals surface area (Å²) in [6.45, 7) is 2.04. The second kappa shape index (κ2) is 5.42. The largest absolute Gasteiger partial charge is 0.367 e. The molecule has 114 valence electrons. The molecule has 3 rings (SSSR count). The summed E-state index contributed by atoms with van der Waals surface area (Å²) in [6, 6.07) is 2.22. The molecule has 0 saturated carbocycles. The molecule has 0 aliphatic carbocycles. The second-order valence-corrected chi connectivity index (χ2v) is 8.83. The number of rotatable bonds is 3. The smallest absolute Gasteiger partial charge is 0.225 e. The fourth-order valence-corrected chi connectivity index (χ4v) is 4.86. The summed E-state index contributed by atoms with van der Waals surface area (Å²) in [5, 5.41) is 7.37. The maximum Gasteiger partial charge on any atom is 0.225 e. The Kier molecular flexibility index (Phi) is 3.75. The number of aryl methyl sites for hydroxylation is 1. The highest BCUT2D eigenvalue weighted by atomic mass is 32.2. The zero-order valence-corrected chi connectivity index (χ0v) is 13.6. The lowest BCUT2D eigenvalue weighted by atomic mass is 10.1. The number of thiophene rings is 1. The molecule has 3 heterocycles. The van der Waals surface area contributed by atoms with Crippen LogP contribution in [0, 0.1) is 6.92 Å². The van der Waals surface area contributed by atoms with E-state index in [1.807, 2.05) is 6.92 Å². The van der Waals surface area contributed by atoms with Crippen LogP contribution in [0.25, 0.3) is 10.2 Å². The first kappa shape index (κ1) is 14.5. The maximum atomic E-state index is 11.5. The molecule has 8 heteroatoms. The van der Waals surface area contributed by atoms with Gasteiger partial charge in [-0.3, -0.25) is 0 Å². The van der Waals surface area contributed by atoms with Gasteiger partial charge < -0.3 is 10.6 Å². The molecule has 0 unspecified atom stereocenters. The molecule has 0 bridgehead atoms. The predicted molar refractivity (Wildman–Crippen MR) is 87.0 cm³/mol. The molecule has 0 atom stereocenters. The van der Waals surface area contributed by atoms with Crippen molar-refractivity contribution >= 4 is 43.2 Å². The van der Waals surface area contributed by atoms with E-state index in [0.29, 0.717) is 18.8 Å². The second-order valence-electron chi connectivity index (χ2n) is 5.29. The summed E-state index contributed by atoms with van der Waals surface area (Å²) < 4.78 is 23.0. The van der Waals surface area contributed by atoms with Crippen LogP contribution >= 0.6 is 11.3 Å². The van der Waals surface area contributed by atoms with Crippen LogP contribution in [0.5, 0.6) is 0 Å². The van der Waals surface area contributed by atoms with Crippen molar-refractivity contribution in [2.24, 2.45) is 0 Å². The van der Waals surface area contributed by atoms with E-state index in [2.05, 4.69) is 26.7 Å². The zero-order chi connectivity index (χ0) is 15.0. The number of nitrogens with one attached hydrogen (secondary N) is 2. The number of fused-ring (bicyclic) bond motifs is 1. The Morgan fingerprint density at radius 2 is 2.00 bits per heavy atom. The molecule has 1 saturated heterocycles. The van der Waals surface area contributed by atoms with Crippen LogP contribution in [0.3, 0.4) is 0 Å². The molecule has 1 fully saturated rings. The number of nitrogens with zero attached hydrogens (tertiary/aromatic N) is 2. The summed E-state index contributed by atoms with van der Waals surface area (Å²) in [7, 11) is -1.05. The highest BCUT2D eigenvalue weighted by Gasteiger charge is 2.24. The predicted octanol–water partition coefficient (Wildman–Crippen LogP) is 2.03. The number of anilines is 2. The third kappa shape index (κ3) is 3.11. The Labute approximate surface area is 127 Å². The Morgan fingerprint density at radius 3 is 2.67 bits per heavy atom. The molecule has 0 amide bonds. The van der Waals surface area contributed by atoms with E-state index >= 15 is 0 Å². The topological polar surface area (TPSA) is 84.0 Å². The molecule has 21 heavy (non-hydrogen) atoms. The van der Waals surface area contributed by atoms with Crippen molar-refractivity contribution in [3.63, 3.8) is 0 Å². The molecule has 2 aromatic heterocycles. The van der Waals surface area contributed by atoms with E-state index in [1.54, 1.807) is 18.4 Å². The van der Waals surface area contributed by atoms with Crippen LogP contribution in [0.4, 0.5) is 11.8 Å². The summed E-state index contributed by atoms with van der Waals surface area (Å²) in [5.74, 6) is 1.87. The summed E-state index contributed by atoms with van der Waals surface area (Å²) in [6.07, 6.45) is 1.26. The first-order valence-corrected chi connectivity index (χ1v) is 9.53. The van der Waals surface area contributed by atoms with Crippen molar-refractivity contribution in [1.82, 2.24) is 9.97 Å². The van der Waals surface area contributed by atoms with Gasteiger partial charge in [-0.25, -0.2) is 13.4 Å². The van der Waals surface area contributed by atoms with Gasteiger partial charge in [0.05, 0.1) is 16.9 Å². The quantitative estimate of drug-likeness (QED) is 0.898. The third-order valence-corrected chi connectivity index (χ3v) is 6.29. The van der Waals surface area contributed by atoms with Gasteiger partial charge in [-0.15, -0.1) is 11.3 Å². The fourth-order valence-electron chi connectivity index (χ4n) is 2.49. The third-order valence-electron chi connectivity index (χ3n) is 3.64. The Hall–Kier alpha value is -1.41. The van der Waals surface area contributed by atoms with Gasteiger partial charge in [0.15, 0.2) is 0 Å². The van der Waals surface area contributed by atoms with Crippen LogP contribution < -0.4 is 10.6 Å². The normalized spacial score (nSPS) is 18.8. The van der Waals surface area contributed by atoms with Crippen LogP contribution in [-0.4, -0.2) is 43.0 Å². The Balaban J connectivity index is 1.89. The number of sulfone groups is 1. The van der Waals surface area contributed by atoms with Gasteiger partial charge in [-0.2, -0.15) is 4.98 Å². The van der Waals surface area contributed by atoms with Gasteiger partial charge in [0, 0.05) is 18.0 Å². The van der Waals surface area contributed by atoms with E-state index in [4.69, 9.17) is 0 Å². The average molecular weight is 326 g/mol. The van der Waals surface area contributed by atoms with Crippen molar-refractivity contribution in [2.45, 2.75) is 25.8 Å². The lowest BCUT2D eigenvalue weighted by Gasteiger charge is -2.23. The van der Waals surface area contributed by atoms with Crippen LogP contribution in [0.1, 0.15) is 17.7 Å². The molecule has 2 aromatic rings. The summed E-state index contributed by atoms with van der Waals surface area (Å²) in [4.78, 5) is 11.1. The molecule has 1 aliphatic heterocycles. The fraction of sp³-hybridized carbons (Fsp3) is 0.538. The van der Waals surface area contributed by atoms with Gasteiger partial charge >= 0.3 is 0 Å². The van der Waals surface area contributed by atoms with Crippen molar-refractivity contribution in [2.75, 3.05) is 29.2 Å². The molecular formula is C13H18N4O2S2. The van der Waals surface area contributed by atoms with E-state index < -0.39 is 9.84 Å². The molecule has 0 aromatic carbocycles. The average Bonchev–Trinajstić information content (AvgIpc) is 2.81. The molecule has 6 nitrogen and oxygen atoms in total. The summed E-state index contributed by atoms with van der Waals surface area (Å²) in [5.41, 5.74) is 0. The number of hydrogen-bond donors (Lipinski definition) is 2. The van der Waals surface area contributed by atoms with Gasteiger partial charge in [0.2, 0.25) is 5.95 Å². The van der Waals surface area contributed by atoms with Gasteiger partial charge in [0.25, 0.3) is 0 Å². The minimum absolute atomic E-state index is 0.150. The number of aromatic nitrogens is 2. The molecule has 2 N–H and O–H groups in total. The lowest BCUT2D eigenvalue weighted by Crippen LogP contribution is -2.32. The zero-order valence-electron chi connectivity index (χ0n) is 12.0. The van der Waals surface area contributed by atoms with Gasteiger partial charge in [0.1, 0.15) is 20.5 Å². The van der Waals surface area contributed by atoms with Crippen molar-refractivity contribution in [1.29, 1.82) is 0 Å². The Bertz CT molecular complexity index is 756. The molecular weight excluding hydrogens is 308 g/mol. The summed E-state index contributed by atoms with van der Waals surface area (Å²) >= 11 is 1.63. The first-order chi connectivity index (χ1) is 9.97. The van der Waals surface area contributed by atoms with E-state index in [0.717, 1.165) is 16.0 Å². The van der Waals surface area contributed by atoms with Crippen molar-refractivity contribution < 1.29 is 8.42 Å². The highest BCUT2D eigenvalue weighted by molar-refractivity contribution is 7.91. The van der Waals surface area contributed by atoms with Crippen molar-refractivity contribution in [3.8, 4) is 0 Å².